The molecule has 0 spiro atoms. The fourth-order valence-corrected chi connectivity index (χ4v) is 2.20. The van der Waals surface area contributed by atoms with E-state index in [9.17, 15) is 0 Å². The molecule has 0 saturated carbocycles. The van der Waals surface area contributed by atoms with Crippen LogP contribution in [0.15, 0.2) is 57.4 Å². The first kappa shape index (κ1) is 13.3. The summed E-state index contributed by atoms with van der Waals surface area (Å²) in [7, 11) is 0. The number of nitrogens with zero attached hydrogens (tertiary/aromatic N) is 2. The first-order valence-corrected chi connectivity index (χ1v) is 7.20. The van der Waals surface area contributed by atoms with Crippen LogP contribution in [0.2, 0.25) is 5.02 Å². The van der Waals surface area contributed by atoms with Gasteiger partial charge in [0.05, 0.1) is 6.42 Å². The van der Waals surface area contributed by atoms with E-state index in [0.717, 1.165) is 20.6 Å². The minimum absolute atomic E-state index is 0.529. The Morgan fingerprint density at radius 1 is 0.950 bits per heavy atom. The molecule has 100 valence electrons. The van der Waals surface area contributed by atoms with Gasteiger partial charge in [-0.2, -0.15) is 0 Å². The molecule has 0 aliphatic rings. The third kappa shape index (κ3) is 3.08. The van der Waals surface area contributed by atoms with Crippen molar-refractivity contribution in [2.24, 2.45) is 0 Å². The number of hydrogen-bond donors (Lipinski definition) is 0. The van der Waals surface area contributed by atoms with Gasteiger partial charge < -0.3 is 4.42 Å². The lowest BCUT2D eigenvalue weighted by Gasteiger charge is -1.97. The molecule has 0 amide bonds. The maximum Gasteiger partial charge on any atom is 0.247 e. The van der Waals surface area contributed by atoms with Gasteiger partial charge in [-0.1, -0.05) is 39.7 Å². The SMILES string of the molecule is Clc1ccc(Cc2nnc(-c3ccc(Br)cc3)o2)cc1. The third-order valence-corrected chi connectivity index (χ3v) is 3.61. The average Bonchev–Trinajstić information content (AvgIpc) is 2.91. The lowest BCUT2D eigenvalue weighted by molar-refractivity contribution is 0.518. The highest BCUT2D eigenvalue weighted by Crippen LogP contribution is 2.21. The van der Waals surface area contributed by atoms with E-state index in [1.54, 1.807) is 0 Å². The van der Waals surface area contributed by atoms with Crippen molar-refractivity contribution in [2.75, 3.05) is 0 Å². The standard InChI is InChI=1S/C15H10BrClN2O/c16-12-5-3-11(4-6-12)15-19-18-14(20-15)9-10-1-7-13(17)8-2-10/h1-8H,9H2. The summed E-state index contributed by atoms with van der Waals surface area (Å²) < 4.78 is 6.69. The Balaban J connectivity index is 1.80. The van der Waals surface area contributed by atoms with Crippen molar-refractivity contribution in [3.8, 4) is 11.5 Å². The highest BCUT2D eigenvalue weighted by molar-refractivity contribution is 9.10. The van der Waals surface area contributed by atoms with Gasteiger partial charge in [-0.3, -0.25) is 0 Å². The zero-order chi connectivity index (χ0) is 13.9. The summed E-state index contributed by atoms with van der Waals surface area (Å²) in [4.78, 5) is 0. The normalized spacial score (nSPS) is 10.7. The Morgan fingerprint density at radius 2 is 1.65 bits per heavy atom. The number of benzene rings is 2. The molecule has 2 aromatic carbocycles. The van der Waals surface area contributed by atoms with E-state index in [1.807, 2.05) is 48.5 Å². The Labute approximate surface area is 129 Å². The highest BCUT2D eigenvalue weighted by atomic mass is 79.9. The molecule has 0 bridgehead atoms. The van der Waals surface area contributed by atoms with Gasteiger partial charge in [0, 0.05) is 15.1 Å². The highest BCUT2D eigenvalue weighted by Gasteiger charge is 2.09. The predicted octanol–water partition coefficient (Wildman–Crippen LogP) is 4.74. The Hall–Kier alpha value is -1.65. The molecule has 0 aliphatic carbocycles. The lowest BCUT2D eigenvalue weighted by atomic mass is 10.1. The second kappa shape index (κ2) is 5.77. The summed E-state index contributed by atoms with van der Waals surface area (Å²) >= 11 is 9.25. The van der Waals surface area contributed by atoms with Gasteiger partial charge in [-0.15, -0.1) is 10.2 Å². The molecular formula is C15H10BrClN2O. The van der Waals surface area contributed by atoms with Crippen LogP contribution in [0.25, 0.3) is 11.5 Å². The van der Waals surface area contributed by atoms with E-state index in [2.05, 4.69) is 26.1 Å². The molecule has 3 nitrogen and oxygen atoms in total. The molecule has 20 heavy (non-hydrogen) atoms. The molecule has 5 heteroatoms. The number of rotatable bonds is 3. The van der Waals surface area contributed by atoms with E-state index in [4.69, 9.17) is 16.0 Å². The minimum Gasteiger partial charge on any atom is -0.420 e. The van der Waals surface area contributed by atoms with Gasteiger partial charge in [0.25, 0.3) is 0 Å². The van der Waals surface area contributed by atoms with Gasteiger partial charge >= 0.3 is 0 Å². The van der Waals surface area contributed by atoms with Gasteiger partial charge in [-0.05, 0) is 42.0 Å². The third-order valence-electron chi connectivity index (χ3n) is 2.83. The van der Waals surface area contributed by atoms with Crippen molar-refractivity contribution in [1.82, 2.24) is 10.2 Å². The van der Waals surface area contributed by atoms with Crippen molar-refractivity contribution in [3.05, 3.63) is 69.5 Å². The molecule has 0 radical (unpaired) electrons. The molecular weight excluding hydrogens is 340 g/mol. The van der Waals surface area contributed by atoms with E-state index < -0.39 is 0 Å². The van der Waals surface area contributed by atoms with Gasteiger partial charge in [0.1, 0.15) is 0 Å². The fraction of sp³-hybridized carbons (Fsp3) is 0.0667. The molecule has 0 atom stereocenters. The van der Waals surface area contributed by atoms with Crippen molar-refractivity contribution in [3.63, 3.8) is 0 Å². The van der Waals surface area contributed by atoms with Crippen molar-refractivity contribution >= 4 is 27.5 Å². The second-order valence-electron chi connectivity index (χ2n) is 4.31. The van der Waals surface area contributed by atoms with Crippen LogP contribution < -0.4 is 0 Å². The Morgan fingerprint density at radius 3 is 2.35 bits per heavy atom. The van der Waals surface area contributed by atoms with Gasteiger partial charge in [0.2, 0.25) is 11.8 Å². The fourth-order valence-electron chi connectivity index (χ4n) is 1.81. The Bertz CT molecular complexity index is 707. The summed E-state index contributed by atoms with van der Waals surface area (Å²) in [6, 6.07) is 15.4. The smallest absolute Gasteiger partial charge is 0.247 e. The van der Waals surface area contributed by atoms with Crippen molar-refractivity contribution < 1.29 is 4.42 Å². The summed E-state index contributed by atoms with van der Waals surface area (Å²) in [5, 5.41) is 8.86. The van der Waals surface area contributed by atoms with Crippen LogP contribution in [0.3, 0.4) is 0 Å². The summed E-state index contributed by atoms with van der Waals surface area (Å²) in [6.07, 6.45) is 0.598. The molecule has 3 aromatic rings. The molecule has 0 unspecified atom stereocenters. The molecule has 1 heterocycles. The van der Waals surface area contributed by atoms with Crippen LogP contribution in [0.4, 0.5) is 0 Å². The van der Waals surface area contributed by atoms with Crippen molar-refractivity contribution in [1.29, 1.82) is 0 Å². The van der Waals surface area contributed by atoms with Crippen LogP contribution in [0.5, 0.6) is 0 Å². The van der Waals surface area contributed by atoms with E-state index in [1.165, 1.54) is 0 Å². The van der Waals surface area contributed by atoms with Crippen LogP contribution in [0.1, 0.15) is 11.5 Å². The van der Waals surface area contributed by atoms with Crippen LogP contribution in [-0.2, 0) is 6.42 Å². The molecule has 3 rings (SSSR count). The van der Waals surface area contributed by atoms with Crippen LogP contribution in [-0.4, -0.2) is 10.2 Å². The molecule has 1 aromatic heterocycles. The molecule has 0 fully saturated rings. The van der Waals surface area contributed by atoms with Crippen molar-refractivity contribution in [2.45, 2.75) is 6.42 Å². The summed E-state index contributed by atoms with van der Waals surface area (Å²) in [5.74, 6) is 1.12. The Kier molecular flexibility index (Phi) is 3.85. The summed E-state index contributed by atoms with van der Waals surface area (Å²) in [6.45, 7) is 0. The number of aromatic nitrogens is 2. The molecule has 0 saturated heterocycles. The first-order chi connectivity index (χ1) is 9.70. The van der Waals surface area contributed by atoms with E-state index >= 15 is 0 Å². The summed E-state index contributed by atoms with van der Waals surface area (Å²) in [5.41, 5.74) is 1.99. The second-order valence-corrected chi connectivity index (χ2v) is 5.66. The van der Waals surface area contributed by atoms with Crippen LogP contribution >= 0.6 is 27.5 Å². The first-order valence-electron chi connectivity index (χ1n) is 6.03. The molecule has 0 aliphatic heterocycles. The minimum atomic E-state index is 0.529. The van der Waals surface area contributed by atoms with E-state index in [0.29, 0.717) is 18.2 Å². The van der Waals surface area contributed by atoms with Gasteiger partial charge in [-0.25, -0.2) is 0 Å². The van der Waals surface area contributed by atoms with Gasteiger partial charge in [0.15, 0.2) is 0 Å². The molecule has 0 N–H and O–H groups in total. The maximum atomic E-state index is 5.86. The predicted molar refractivity (Wildman–Crippen MR) is 81.7 cm³/mol. The monoisotopic (exact) mass is 348 g/mol. The van der Waals surface area contributed by atoms with E-state index in [-0.39, 0.29) is 0 Å². The van der Waals surface area contributed by atoms with Crippen LogP contribution in [0, 0.1) is 0 Å². The zero-order valence-electron chi connectivity index (χ0n) is 10.4. The zero-order valence-corrected chi connectivity index (χ0v) is 12.7. The topological polar surface area (TPSA) is 38.9 Å². The number of hydrogen-bond acceptors (Lipinski definition) is 3. The quantitative estimate of drug-likeness (QED) is 0.685. The largest absolute Gasteiger partial charge is 0.420 e. The lowest BCUT2D eigenvalue weighted by Crippen LogP contribution is -1.87. The average molecular weight is 350 g/mol. The number of halogens is 2. The maximum absolute atomic E-state index is 5.86.